The predicted molar refractivity (Wildman–Crippen MR) is 26.8 cm³/mol. The van der Waals surface area contributed by atoms with Crippen molar-refractivity contribution in [2.24, 2.45) is 0 Å². The molecule has 0 aliphatic heterocycles. The lowest BCUT2D eigenvalue weighted by molar-refractivity contribution is 0.343. The standard InChI is InChI=1S/CH5O3P.Mg.2H/c1-4-5(2)3;;;/h5H,1H3,(H,2,3);;;. The molecule has 6 heavy (non-hydrogen) atoms. The predicted octanol–water partition coefficient (Wildman–Crippen LogP) is -0.901. The normalized spacial score (nSPS) is 12.3. The van der Waals surface area contributed by atoms with Crippen LogP contribution in [-0.2, 0) is 9.09 Å². The van der Waals surface area contributed by atoms with Crippen LogP contribution in [0, 0.1) is 0 Å². The third-order valence-corrected chi connectivity index (χ3v) is 0.524. The Hall–Kier alpha value is 0.916. The van der Waals surface area contributed by atoms with E-state index < -0.39 is 8.25 Å². The highest BCUT2D eigenvalue weighted by Gasteiger charge is 1.74. The van der Waals surface area contributed by atoms with Crippen molar-refractivity contribution in [1.29, 1.82) is 0 Å². The monoisotopic (exact) mass is 122 g/mol. The van der Waals surface area contributed by atoms with Crippen LogP contribution in [0.1, 0.15) is 0 Å². The van der Waals surface area contributed by atoms with Crippen molar-refractivity contribution in [2.75, 3.05) is 7.11 Å². The van der Waals surface area contributed by atoms with Crippen molar-refractivity contribution in [1.82, 2.24) is 0 Å². The smallest absolute Gasteiger partial charge is 0.316 e. The minimum absolute atomic E-state index is 0. The zero-order valence-electron chi connectivity index (χ0n) is 2.76. The Kier molecular flexibility index (Phi) is 9.88. The van der Waals surface area contributed by atoms with Gasteiger partial charge in [-0.15, -0.1) is 0 Å². The first-order valence-electron chi connectivity index (χ1n) is 1.04. The van der Waals surface area contributed by atoms with E-state index in [1.54, 1.807) is 0 Å². The van der Waals surface area contributed by atoms with E-state index in [4.69, 9.17) is 4.89 Å². The van der Waals surface area contributed by atoms with Gasteiger partial charge in [-0.1, -0.05) is 0 Å². The molecule has 0 fully saturated rings. The van der Waals surface area contributed by atoms with Crippen molar-refractivity contribution in [3.05, 3.63) is 0 Å². The fraction of sp³-hybridized carbons (Fsp3) is 1.00. The minimum Gasteiger partial charge on any atom is -0.326 e. The van der Waals surface area contributed by atoms with Gasteiger partial charge in [0.25, 0.3) is 0 Å². The Morgan fingerprint density at radius 2 is 2.00 bits per heavy atom. The summed E-state index contributed by atoms with van der Waals surface area (Å²) < 4.78 is 13.2. The van der Waals surface area contributed by atoms with E-state index in [0.717, 1.165) is 0 Å². The Balaban J connectivity index is 0. The fourth-order valence-corrected chi connectivity index (χ4v) is 0. The minimum atomic E-state index is -2.62. The van der Waals surface area contributed by atoms with Crippen LogP contribution in [0.4, 0.5) is 0 Å². The summed E-state index contributed by atoms with van der Waals surface area (Å²) in [6.07, 6.45) is 0. The van der Waals surface area contributed by atoms with Crippen molar-refractivity contribution in [3.8, 4) is 0 Å². The third kappa shape index (κ3) is 8.87. The number of hydrogen-bond acceptors (Lipinski definition) is 2. The average Bonchev–Trinajstić information content (AvgIpc) is 1.38. The van der Waals surface area contributed by atoms with Gasteiger partial charge < -0.3 is 9.42 Å². The lowest BCUT2D eigenvalue weighted by Crippen LogP contribution is -1.57. The molecule has 0 saturated heterocycles. The molecule has 0 heterocycles. The maximum absolute atomic E-state index is 9.33. The van der Waals surface area contributed by atoms with E-state index in [1.165, 1.54) is 7.11 Å². The van der Waals surface area contributed by atoms with Gasteiger partial charge in [-0.25, -0.2) is 0 Å². The molecule has 3 nitrogen and oxygen atoms in total. The van der Waals surface area contributed by atoms with Crippen molar-refractivity contribution < 1.29 is 14.0 Å². The molecule has 1 atom stereocenters. The van der Waals surface area contributed by atoms with Crippen LogP contribution in [0.2, 0.25) is 0 Å². The average molecular weight is 122 g/mol. The quantitative estimate of drug-likeness (QED) is 0.362. The summed E-state index contributed by atoms with van der Waals surface area (Å²) in [4.78, 5) is 7.69. The lowest BCUT2D eigenvalue weighted by atomic mass is 11.8. The van der Waals surface area contributed by atoms with Crippen LogP contribution < -0.4 is 0 Å². The maximum atomic E-state index is 9.33. The Morgan fingerprint density at radius 1 is 1.83 bits per heavy atom. The summed E-state index contributed by atoms with van der Waals surface area (Å²) in [5.74, 6) is 0. The Bertz CT molecular complexity index is 46.1. The molecular weight excluding hydrogens is 115 g/mol. The molecule has 0 bridgehead atoms. The van der Waals surface area contributed by atoms with Crippen LogP contribution in [0.25, 0.3) is 0 Å². The van der Waals surface area contributed by atoms with E-state index in [-0.39, 0.29) is 23.1 Å². The summed E-state index contributed by atoms with van der Waals surface area (Å²) in [6.45, 7) is 0. The summed E-state index contributed by atoms with van der Waals surface area (Å²) in [7, 11) is -1.44. The highest BCUT2D eigenvalue weighted by molar-refractivity contribution is 7.32. The summed E-state index contributed by atoms with van der Waals surface area (Å²) in [5.41, 5.74) is 0. The summed E-state index contributed by atoms with van der Waals surface area (Å²) in [5, 5.41) is 0. The number of rotatable bonds is 1. The van der Waals surface area contributed by atoms with E-state index in [9.17, 15) is 4.57 Å². The molecule has 0 aromatic heterocycles. The van der Waals surface area contributed by atoms with Crippen molar-refractivity contribution in [2.45, 2.75) is 0 Å². The molecule has 36 valence electrons. The van der Waals surface area contributed by atoms with Crippen LogP contribution in [0.3, 0.4) is 0 Å². The molecule has 5 heteroatoms. The van der Waals surface area contributed by atoms with E-state index >= 15 is 0 Å². The van der Waals surface area contributed by atoms with Gasteiger partial charge in [0.1, 0.15) is 0 Å². The highest BCUT2D eigenvalue weighted by atomic mass is 31.1. The fourth-order valence-electron chi connectivity index (χ4n) is 0. The van der Waals surface area contributed by atoms with Crippen LogP contribution >= 0.6 is 8.25 Å². The Labute approximate surface area is 52.8 Å². The lowest BCUT2D eigenvalue weighted by Gasteiger charge is -1.78. The second-order valence-electron chi connectivity index (χ2n) is 0.470. The molecule has 0 aromatic rings. The van der Waals surface area contributed by atoms with Gasteiger partial charge in [0.05, 0.1) is 0 Å². The van der Waals surface area contributed by atoms with Crippen molar-refractivity contribution in [3.63, 3.8) is 0 Å². The van der Waals surface area contributed by atoms with Gasteiger partial charge in [0.2, 0.25) is 0 Å². The van der Waals surface area contributed by atoms with E-state index in [1.807, 2.05) is 0 Å². The van der Waals surface area contributed by atoms with Gasteiger partial charge in [-0.2, -0.15) is 0 Å². The van der Waals surface area contributed by atoms with Crippen LogP contribution in [-0.4, -0.2) is 35.1 Å². The molecule has 0 radical (unpaired) electrons. The maximum Gasteiger partial charge on any atom is 0.316 e. The molecule has 0 aromatic carbocycles. The molecule has 0 aliphatic rings. The largest absolute Gasteiger partial charge is 0.326 e. The molecule has 0 saturated carbocycles. The van der Waals surface area contributed by atoms with E-state index in [2.05, 4.69) is 4.52 Å². The van der Waals surface area contributed by atoms with Gasteiger partial charge in [0, 0.05) is 7.11 Å². The van der Waals surface area contributed by atoms with Crippen LogP contribution in [0.5, 0.6) is 0 Å². The van der Waals surface area contributed by atoms with Crippen molar-refractivity contribution >= 4 is 31.3 Å². The third-order valence-electron chi connectivity index (χ3n) is 0.175. The SMILES string of the molecule is CO[PH](=O)O.[MgH2]. The zero-order chi connectivity index (χ0) is 4.28. The second-order valence-corrected chi connectivity index (χ2v) is 1.41. The Morgan fingerprint density at radius 3 is 2.00 bits per heavy atom. The molecule has 1 unspecified atom stereocenters. The molecule has 1 N–H and O–H groups in total. The molecule has 0 amide bonds. The molecular formula is CH7MgO3P. The van der Waals surface area contributed by atoms with E-state index in [0.29, 0.717) is 0 Å². The summed E-state index contributed by atoms with van der Waals surface area (Å²) in [6, 6.07) is 0. The first kappa shape index (κ1) is 10.0. The summed E-state index contributed by atoms with van der Waals surface area (Å²) >= 11 is 0. The highest BCUT2D eigenvalue weighted by Crippen LogP contribution is 2.09. The molecule has 0 rings (SSSR count). The van der Waals surface area contributed by atoms with Gasteiger partial charge in [-0.05, 0) is 0 Å². The molecule has 0 aliphatic carbocycles. The first-order valence-corrected chi connectivity index (χ1v) is 2.30. The zero-order valence-corrected chi connectivity index (χ0v) is 3.76. The number of hydrogen-bond donors (Lipinski definition) is 1. The van der Waals surface area contributed by atoms with Gasteiger partial charge in [0.15, 0.2) is 0 Å². The molecule has 0 spiro atoms. The van der Waals surface area contributed by atoms with Gasteiger partial charge in [-0.3, -0.25) is 4.57 Å². The topological polar surface area (TPSA) is 46.5 Å². The van der Waals surface area contributed by atoms with Crippen LogP contribution in [0.15, 0.2) is 0 Å². The first-order chi connectivity index (χ1) is 2.27. The second kappa shape index (κ2) is 5.92. The van der Waals surface area contributed by atoms with Gasteiger partial charge >= 0.3 is 31.3 Å².